The molecule has 2 aliphatic heterocycles. The second kappa shape index (κ2) is 8.52. The SMILES string of the molecule is COc1ccc([C@@H]2[C@@H]3CCCC[C@@]3(O)CCN2CC(=O)N2CCCC2)c(OC)c1. The van der Waals surface area contributed by atoms with Gasteiger partial charge in [0.15, 0.2) is 0 Å². The molecule has 29 heavy (non-hydrogen) atoms. The smallest absolute Gasteiger partial charge is 0.236 e. The summed E-state index contributed by atoms with van der Waals surface area (Å²) in [5.41, 5.74) is 0.397. The molecule has 0 aromatic heterocycles. The third kappa shape index (κ3) is 3.97. The molecule has 3 aliphatic rings. The lowest BCUT2D eigenvalue weighted by atomic mass is 9.66. The molecule has 160 valence electrons. The summed E-state index contributed by atoms with van der Waals surface area (Å²) in [6.07, 6.45) is 6.96. The van der Waals surface area contributed by atoms with Gasteiger partial charge in [-0.05, 0) is 38.2 Å². The summed E-state index contributed by atoms with van der Waals surface area (Å²) in [5.74, 6) is 1.84. The summed E-state index contributed by atoms with van der Waals surface area (Å²) >= 11 is 0. The number of carbonyl (C=O) groups excluding carboxylic acids is 1. The van der Waals surface area contributed by atoms with Crippen LogP contribution >= 0.6 is 0 Å². The van der Waals surface area contributed by atoms with Gasteiger partial charge in [0.2, 0.25) is 5.91 Å². The fourth-order valence-corrected chi connectivity index (χ4v) is 5.64. The number of piperidine rings is 1. The predicted octanol–water partition coefficient (Wildman–Crippen LogP) is 2.99. The molecule has 0 radical (unpaired) electrons. The summed E-state index contributed by atoms with van der Waals surface area (Å²) in [5, 5.41) is 11.5. The fourth-order valence-electron chi connectivity index (χ4n) is 5.64. The van der Waals surface area contributed by atoms with Gasteiger partial charge in [0.1, 0.15) is 11.5 Å². The van der Waals surface area contributed by atoms with Crippen molar-refractivity contribution >= 4 is 5.91 Å². The number of hydrogen-bond acceptors (Lipinski definition) is 5. The molecule has 2 heterocycles. The van der Waals surface area contributed by atoms with E-state index in [1.807, 2.05) is 17.0 Å². The van der Waals surface area contributed by atoms with Crippen LogP contribution in [0.3, 0.4) is 0 Å². The Hall–Kier alpha value is -1.79. The number of aliphatic hydroxyl groups is 1. The van der Waals surface area contributed by atoms with Crippen molar-refractivity contribution in [3.8, 4) is 11.5 Å². The van der Waals surface area contributed by atoms with Crippen molar-refractivity contribution in [1.29, 1.82) is 0 Å². The number of likely N-dealkylation sites (tertiary alicyclic amines) is 2. The van der Waals surface area contributed by atoms with Crippen LogP contribution in [0.4, 0.5) is 0 Å². The Kier molecular flexibility index (Phi) is 6.02. The van der Waals surface area contributed by atoms with Crippen molar-refractivity contribution < 1.29 is 19.4 Å². The fraction of sp³-hybridized carbons (Fsp3) is 0.696. The molecular formula is C23H34N2O4. The van der Waals surface area contributed by atoms with Crippen molar-refractivity contribution in [3.63, 3.8) is 0 Å². The molecule has 3 atom stereocenters. The van der Waals surface area contributed by atoms with E-state index in [9.17, 15) is 9.90 Å². The van der Waals surface area contributed by atoms with Crippen LogP contribution in [0.5, 0.6) is 11.5 Å². The molecule has 6 heteroatoms. The van der Waals surface area contributed by atoms with Gasteiger partial charge >= 0.3 is 0 Å². The maximum absolute atomic E-state index is 13.0. The number of nitrogens with zero attached hydrogens (tertiary/aromatic N) is 2. The lowest BCUT2D eigenvalue weighted by Crippen LogP contribution is -2.56. The highest BCUT2D eigenvalue weighted by atomic mass is 16.5. The highest BCUT2D eigenvalue weighted by molar-refractivity contribution is 5.78. The molecule has 1 N–H and O–H groups in total. The van der Waals surface area contributed by atoms with Crippen LogP contribution in [0.1, 0.15) is 56.6 Å². The average molecular weight is 403 g/mol. The number of carbonyl (C=O) groups is 1. The van der Waals surface area contributed by atoms with Crippen molar-refractivity contribution in [3.05, 3.63) is 23.8 Å². The zero-order valence-electron chi connectivity index (χ0n) is 17.7. The summed E-state index contributed by atoms with van der Waals surface area (Å²) in [6.45, 7) is 2.88. The molecule has 3 fully saturated rings. The molecule has 0 unspecified atom stereocenters. The van der Waals surface area contributed by atoms with Gasteiger partial charge in [0.25, 0.3) is 0 Å². The quantitative estimate of drug-likeness (QED) is 0.820. The Morgan fingerprint density at radius 2 is 1.90 bits per heavy atom. The van der Waals surface area contributed by atoms with E-state index in [0.717, 1.165) is 81.6 Å². The van der Waals surface area contributed by atoms with Gasteiger partial charge in [-0.15, -0.1) is 0 Å². The average Bonchev–Trinajstić information content (AvgIpc) is 3.28. The Bertz CT molecular complexity index is 734. The van der Waals surface area contributed by atoms with Gasteiger partial charge in [-0.3, -0.25) is 9.69 Å². The van der Waals surface area contributed by atoms with Crippen LogP contribution in [0.25, 0.3) is 0 Å². The molecule has 6 nitrogen and oxygen atoms in total. The number of methoxy groups -OCH3 is 2. The monoisotopic (exact) mass is 402 g/mol. The maximum Gasteiger partial charge on any atom is 0.236 e. The van der Waals surface area contributed by atoms with Crippen molar-refractivity contribution in [2.45, 2.75) is 56.6 Å². The van der Waals surface area contributed by atoms with Crippen molar-refractivity contribution in [2.75, 3.05) is 40.4 Å². The molecule has 0 spiro atoms. The minimum atomic E-state index is -0.652. The number of benzene rings is 1. The molecule has 1 amide bonds. The summed E-state index contributed by atoms with van der Waals surface area (Å²) in [7, 11) is 3.32. The van der Waals surface area contributed by atoms with E-state index in [-0.39, 0.29) is 17.9 Å². The Morgan fingerprint density at radius 1 is 1.10 bits per heavy atom. The third-order valence-corrected chi connectivity index (χ3v) is 7.23. The van der Waals surface area contributed by atoms with E-state index in [4.69, 9.17) is 9.47 Å². The Labute approximate surface area is 173 Å². The highest BCUT2D eigenvalue weighted by Crippen LogP contribution is 2.51. The van der Waals surface area contributed by atoms with Gasteiger partial charge in [-0.2, -0.15) is 0 Å². The van der Waals surface area contributed by atoms with E-state index in [1.54, 1.807) is 14.2 Å². The third-order valence-electron chi connectivity index (χ3n) is 7.23. The van der Waals surface area contributed by atoms with Crippen LogP contribution in [0.15, 0.2) is 18.2 Å². The summed E-state index contributed by atoms with van der Waals surface area (Å²) in [6, 6.07) is 5.89. The molecule has 1 aliphatic carbocycles. The Balaban J connectivity index is 1.67. The first-order chi connectivity index (χ1) is 14.1. The zero-order valence-corrected chi connectivity index (χ0v) is 17.7. The minimum absolute atomic E-state index is 0.0264. The zero-order chi connectivity index (χ0) is 20.4. The highest BCUT2D eigenvalue weighted by Gasteiger charge is 2.50. The van der Waals surface area contributed by atoms with Gasteiger partial charge < -0.3 is 19.5 Å². The summed E-state index contributed by atoms with van der Waals surface area (Å²) in [4.78, 5) is 17.2. The van der Waals surface area contributed by atoms with E-state index in [1.165, 1.54) is 0 Å². The van der Waals surface area contributed by atoms with Crippen LogP contribution in [0.2, 0.25) is 0 Å². The number of rotatable bonds is 5. The largest absolute Gasteiger partial charge is 0.497 e. The van der Waals surface area contributed by atoms with E-state index in [2.05, 4.69) is 11.0 Å². The number of hydrogen-bond donors (Lipinski definition) is 1. The van der Waals surface area contributed by atoms with Gasteiger partial charge in [-0.25, -0.2) is 0 Å². The molecule has 0 bridgehead atoms. The molecule has 1 aromatic carbocycles. The van der Waals surface area contributed by atoms with Gasteiger partial charge in [-0.1, -0.05) is 18.9 Å². The Morgan fingerprint density at radius 3 is 2.62 bits per heavy atom. The van der Waals surface area contributed by atoms with E-state index >= 15 is 0 Å². The van der Waals surface area contributed by atoms with E-state index < -0.39 is 5.60 Å². The first kappa shape index (κ1) is 20.5. The van der Waals surface area contributed by atoms with Crippen LogP contribution in [0, 0.1) is 5.92 Å². The summed E-state index contributed by atoms with van der Waals surface area (Å²) < 4.78 is 11.1. The molecule has 1 saturated carbocycles. The van der Waals surface area contributed by atoms with E-state index in [0.29, 0.717) is 6.54 Å². The number of ether oxygens (including phenoxy) is 2. The number of amides is 1. The molecular weight excluding hydrogens is 368 g/mol. The van der Waals surface area contributed by atoms with Crippen LogP contribution in [-0.4, -0.2) is 66.8 Å². The van der Waals surface area contributed by atoms with Crippen LogP contribution < -0.4 is 9.47 Å². The van der Waals surface area contributed by atoms with Crippen molar-refractivity contribution in [1.82, 2.24) is 9.80 Å². The minimum Gasteiger partial charge on any atom is -0.497 e. The maximum atomic E-state index is 13.0. The predicted molar refractivity (Wildman–Crippen MR) is 111 cm³/mol. The molecule has 4 rings (SSSR count). The van der Waals surface area contributed by atoms with Gasteiger partial charge in [0.05, 0.1) is 26.4 Å². The van der Waals surface area contributed by atoms with Crippen LogP contribution in [-0.2, 0) is 4.79 Å². The molecule has 2 saturated heterocycles. The first-order valence-corrected chi connectivity index (χ1v) is 11.0. The standard InChI is InChI=1S/C23H34N2O4/c1-28-17-8-9-18(20(15-17)29-2)22-19-7-3-4-10-23(19,27)11-14-25(22)16-21(26)24-12-5-6-13-24/h8-9,15,19,22,27H,3-7,10-14,16H2,1-2H3/t19-,22+,23+/m0/s1. The normalized spacial score (nSPS) is 30.1. The number of fused-ring (bicyclic) bond motifs is 1. The second-order valence-electron chi connectivity index (χ2n) is 8.82. The van der Waals surface area contributed by atoms with Crippen molar-refractivity contribution in [2.24, 2.45) is 5.92 Å². The lowest BCUT2D eigenvalue weighted by molar-refractivity contribution is -0.144. The first-order valence-electron chi connectivity index (χ1n) is 11.0. The topological polar surface area (TPSA) is 62.2 Å². The molecule has 1 aromatic rings. The lowest BCUT2D eigenvalue weighted by Gasteiger charge is -2.52. The second-order valence-corrected chi connectivity index (χ2v) is 8.82. The van der Waals surface area contributed by atoms with Gasteiger partial charge in [0, 0.05) is 43.2 Å².